The van der Waals surface area contributed by atoms with Crippen LogP contribution < -0.4 is 5.32 Å². The predicted molar refractivity (Wildman–Crippen MR) is 70.2 cm³/mol. The lowest BCUT2D eigenvalue weighted by atomic mass is 10.0. The summed E-state index contributed by atoms with van der Waals surface area (Å²) in [4.78, 5) is 48.1. The van der Waals surface area contributed by atoms with Crippen molar-refractivity contribution < 1.29 is 23.6 Å². The molecule has 1 N–H and O–H groups in total. The Hall–Kier alpha value is -2.31. The molecule has 6 nitrogen and oxygen atoms in total. The molecule has 1 fully saturated rings. The minimum Gasteiger partial charge on any atom is -0.295 e. The van der Waals surface area contributed by atoms with E-state index in [0.717, 1.165) is 4.90 Å². The maximum absolute atomic E-state index is 13.9. The van der Waals surface area contributed by atoms with Gasteiger partial charge in [-0.15, -0.1) is 0 Å². The van der Waals surface area contributed by atoms with E-state index in [1.54, 1.807) is 6.92 Å². The smallest absolute Gasteiger partial charge is 0.264 e. The van der Waals surface area contributed by atoms with Gasteiger partial charge in [0, 0.05) is 12.0 Å². The highest BCUT2D eigenvalue weighted by molar-refractivity contribution is 6.22. The van der Waals surface area contributed by atoms with Crippen LogP contribution in [-0.4, -0.2) is 34.6 Å². The first-order valence-corrected chi connectivity index (χ1v) is 6.67. The Balaban J connectivity index is 2.32. The first kappa shape index (κ1) is 15.1. The molecule has 0 spiro atoms. The highest BCUT2D eigenvalue weighted by Gasteiger charge is 2.45. The molecule has 1 unspecified atom stereocenters. The fraction of sp³-hybridized carbons (Fsp3) is 0.429. The number of hydrogen-bond acceptors (Lipinski definition) is 4. The second-order valence-electron chi connectivity index (χ2n) is 4.91. The van der Waals surface area contributed by atoms with Gasteiger partial charge in [0.25, 0.3) is 11.8 Å². The summed E-state index contributed by atoms with van der Waals surface area (Å²) >= 11 is 0. The number of imide groups is 2. The lowest BCUT2D eigenvalue weighted by Gasteiger charge is -2.28. The van der Waals surface area contributed by atoms with Gasteiger partial charge in [0.2, 0.25) is 11.8 Å². The summed E-state index contributed by atoms with van der Waals surface area (Å²) in [7, 11) is 0. The van der Waals surface area contributed by atoms with E-state index < -0.39 is 35.5 Å². The van der Waals surface area contributed by atoms with Crippen molar-refractivity contribution in [3.8, 4) is 0 Å². The van der Waals surface area contributed by atoms with E-state index in [-0.39, 0.29) is 24.0 Å². The molecule has 0 radical (unpaired) electrons. The molecule has 0 saturated carbocycles. The zero-order valence-electron chi connectivity index (χ0n) is 11.7. The van der Waals surface area contributed by atoms with Crippen LogP contribution in [0.4, 0.5) is 4.39 Å². The third kappa shape index (κ3) is 2.51. The van der Waals surface area contributed by atoms with Gasteiger partial charge >= 0.3 is 0 Å². The Morgan fingerprint density at radius 3 is 2.57 bits per heavy atom. The largest absolute Gasteiger partial charge is 0.295 e. The topological polar surface area (TPSA) is 83.6 Å². The second-order valence-corrected chi connectivity index (χ2v) is 4.91. The summed E-state index contributed by atoms with van der Waals surface area (Å²) in [5.41, 5.74) is -0.321. The maximum Gasteiger partial charge on any atom is 0.264 e. The molecule has 21 heavy (non-hydrogen) atoms. The van der Waals surface area contributed by atoms with Crippen LogP contribution >= 0.6 is 0 Å². The van der Waals surface area contributed by atoms with Crippen molar-refractivity contribution in [1.29, 1.82) is 0 Å². The average Bonchev–Trinajstić information content (AvgIpc) is 2.62. The third-order valence-corrected chi connectivity index (χ3v) is 3.49. The number of hydrogen-bond donors (Lipinski definition) is 1. The molecule has 0 aromatic heterocycles. The molecule has 0 aromatic carbocycles. The van der Waals surface area contributed by atoms with Gasteiger partial charge < -0.3 is 0 Å². The van der Waals surface area contributed by atoms with Crippen LogP contribution in [0.1, 0.15) is 33.1 Å². The van der Waals surface area contributed by atoms with Gasteiger partial charge in [-0.05, 0) is 25.8 Å². The van der Waals surface area contributed by atoms with Gasteiger partial charge in [0.05, 0.1) is 5.57 Å². The Kier molecular flexibility index (Phi) is 4.02. The lowest BCUT2D eigenvalue weighted by Crippen LogP contribution is -2.54. The number of allylic oxidation sites excluding steroid dienone is 1. The van der Waals surface area contributed by atoms with Crippen LogP contribution in [0.3, 0.4) is 0 Å². The molecule has 2 aliphatic rings. The molecular weight excluding hydrogens is 279 g/mol. The number of carbonyl (C=O) groups is 4. The van der Waals surface area contributed by atoms with Crippen LogP contribution in [0.15, 0.2) is 23.0 Å². The van der Waals surface area contributed by atoms with Crippen LogP contribution in [0.2, 0.25) is 0 Å². The van der Waals surface area contributed by atoms with Crippen molar-refractivity contribution in [3.63, 3.8) is 0 Å². The number of nitrogens with zero attached hydrogens (tertiary/aromatic N) is 1. The first-order chi connectivity index (χ1) is 9.88. The summed E-state index contributed by atoms with van der Waals surface area (Å²) in [5.74, 6) is -3.43. The van der Waals surface area contributed by atoms with Crippen molar-refractivity contribution in [1.82, 2.24) is 10.2 Å². The van der Waals surface area contributed by atoms with E-state index in [1.165, 1.54) is 13.0 Å². The summed E-state index contributed by atoms with van der Waals surface area (Å²) in [6.45, 7) is 3.05. The maximum atomic E-state index is 13.9. The predicted octanol–water partition coefficient (Wildman–Crippen LogP) is 0.740. The van der Waals surface area contributed by atoms with E-state index in [1.807, 2.05) is 0 Å². The molecule has 2 heterocycles. The molecule has 112 valence electrons. The average molecular weight is 294 g/mol. The molecule has 4 amide bonds. The van der Waals surface area contributed by atoms with Gasteiger partial charge in [-0.2, -0.15) is 0 Å². The Labute approximate surface area is 120 Å². The summed E-state index contributed by atoms with van der Waals surface area (Å²) < 4.78 is 13.9. The summed E-state index contributed by atoms with van der Waals surface area (Å²) in [5, 5.41) is 2.08. The fourth-order valence-electron chi connectivity index (χ4n) is 2.43. The number of rotatable bonds is 3. The van der Waals surface area contributed by atoms with E-state index in [9.17, 15) is 23.6 Å². The number of piperidine rings is 1. The minimum absolute atomic E-state index is 0.0214. The monoisotopic (exact) mass is 294 g/mol. The third-order valence-electron chi connectivity index (χ3n) is 3.49. The number of halogens is 1. The van der Waals surface area contributed by atoms with Gasteiger partial charge in [-0.3, -0.25) is 29.4 Å². The molecule has 0 aliphatic carbocycles. The van der Waals surface area contributed by atoms with Gasteiger partial charge in [0.15, 0.2) is 0 Å². The summed E-state index contributed by atoms with van der Waals surface area (Å²) in [6.07, 6.45) is 1.68. The molecule has 2 rings (SSSR count). The zero-order chi connectivity index (χ0) is 15.7. The highest BCUT2D eigenvalue weighted by Crippen LogP contribution is 2.30. The SMILES string of the molecule is CC/C=C(/F)C1=C(C)C(=O)N(C2CCC(=O)NC2=O)C1=O. The molecule has 0 aromatic rings. The minimum atomic E-state index is -1.07. The van der Waals surface area contributed by atoms with Gasteiger partial charge in [-0.1, -0.05) is 6.92 Å². The highest BCUT2D eigenvalue weighted by atomic mass is 19.1. The van der Waals surface area contributed by atoms with Crippen LogP contribution in [0.25, 0.3) is 0 Å². The van der Waals surface area contributed by atoms with Crippen LogP contribution in [0.5, 0.6) is 0 Å². The molecule has 2 aliphatic heterocycles. The second kappa shape index (κ2) is 5.59. The van der Waals surface area contributed by atoms with E-state index >= 15 is 0 Å². The summed E-state index contributed by atoms with van der Waals surface area (Å²) in [6, 6.07) is -1.07. The lowest BCUT2D eigenvalue weighted by molar-refractivity contribution is -0.150. The van der Waals surface area contributed by atoms with Crippen LogP contribution in [-0.2, 0) is 19.2 Å². The standard InChI is InChI=1S/C14H15FN2O4/c1-3-4-8(15)11-7(2)13(20)17(14(11)21)9-5-6-10(18)16-12(9)19/h4,9H,3,5-6H2,1-2H3,(H,16,18,19)/b8-4+. The molecular formula is C14H15FN2O4. The van der Waals surface area contributed by atoms with Crippen molar-refractivity contribution in [2.24, 2.45) is 0 Å². The first-order valence-electron chi connectivity index (χ1n) is 6.67. The van der Waals surface area contributed by atoms with Crippen molar-refractivity contribution >= 4 is 23.6 Å². The normalized spacial score (nSPS) is 24.0. The molecule has 1 saturated heterocycles. The quantitative estimate of drug-likeness (QED) is 0.778. The van der Waals surface area contributed by atoms with E-state index in [0.29, 0.717) is 6.42 Å². The fourth-order valence-corrected chi connectivity index (χ4v) is 2.43. The zero-order valence-corrected chi connectivity index (χ0v) is 11.7. The van der Waals surface area contributed by atoms with Crippen molar-refractivity contribution in [2.45, 2.75) is 39.2 Å². The van der Waals surface area contributed by atoms with Gasteiger partial charge in [-0.25, -0.2) is 4.39 Å². The number of nitrogens with one attached hydrogen (secondary N) is 1. The Bertz CT molecular complexity index is 606. The van der Waals surface area contributed by atoms with Crippen molar-refractivity contribution in [2.75, 3.05) is 0 Å². The van der Waals surface area contributed by atoms with E-state index in [4.69, 9.17) is 0 Å². The number of carbonyl (C=O) groups excluding carboxylic acids is 4. The van der Waals surface area contributed by atoms with E-state index in [2.05, 4.69) is 5.32 Å². The van der Waals surface area contributed by atoms with Gasteiger partial charge in [0.1, 0.15) is 11.9 Å². The Morgan fingerprint density at radius 2 is 2.00 bits per heavy atom. The van der Waals surface area contributed by atoms with Crippen molar-refractivity contribution in [3.05, 3.63) is 23.0 Å². The Morgan fingerprint density at radius 1 is 1.33 bits per heavy atom. The number of amides is 4. The van der Waals surface area contributed by atoms with Crippen LogP contribution in [0, 0.1) is 0 Å². The molecule has 7 heteroatoms. The molecule has 0 bridgehead atoms. The molecule has 1 atom stereocenters.